The number of ether oxygens (including phenoxy) is 1. The smallest absolute Gasteiger partial charge is 0.324 e. The van der Waals surface area contributed by atoms with Gasteiger partial charge in [0.2, 0.25) is 0 Å². The Balaban J connectivity index is 2.66. The van der Waals surface area contributed by atoms with Crippen molar-refractivity contribution in [3.05, 3.63) is 0 Å². The van der Waals surface area contributed by atoms with Crippen LogP contribution in [0.4, 0.5) is 0 Å². The second-order valence-electron chi connectivity index (χ2n) is 5.40. The maximum absolute atomic E-state index is 11.5. The van der Waals surface area contributed by atoms with Crippen molar-refractivity contribution in [2.45, 2.75) is 58.1 Å². The third-order valence-corrected chi connectivity index (χ3v) is 3.33. The van der Waals surface area contributed by atoms with E-state index < -0.39 is 11.5 Å². The molecule has 1 aliphatic rings. The number of nitrogens with one attached hydrogen (secondary N) is 1. The van der Waals surface area contributed by atoms with Crippen LogP contribution in [0.15, 0.2) is 0 Å². The van der Waals surface area contributed by atoms with Crippen LogP contribution in [0.5, 0.6) is 0 Å². The third kappa shape index (κ3) is 3.96. The molecule has 0 amide bonds. The van der Waals surface area contributed by atoms with Crippen LogP contribution in [-0.2, 0) is 9.53 Å². The molecule has 0 spiro atoms. The Morgan fingerprint density at radius 3 is 2.82 bits per heavy atom. The van der Waals surface area contributed by atoms with Crippen LogP contribution in [-0.4, -0.2) is 35.9 Å². The standard InChI is InChI=1S/C13H25NO3/c1-4-5-11-8-13(12(15)16,6-7-17-11)14-9-10(2)3/h10-11,14H,4-9H2,1-3H3,(H,15,16). The van der Waals surface area contributed by atoms with Gasteiger partial charge in [0.05, 0.1) is 6.10 Å². The van der Waals surface area contributed by atoms with Gasteiger partial charge in [0.1, 0.15) is 5.54 Å². The maximum Gasteiger partial charge on any atom is 0.324 e. The molecule has 1 aliphatic heterocycles. The molecule has 1 heterocycles. The first-order valence-electron chi connectivity index (χ1n) is 6.60. The average molecular weight is 243 g/mol. The van der Waals surface area contributed by atoms with Gasteiger partial charge < -0.3 is 15.2 Å². The lowest BCUT2D eigenvalue weighted by Crippen LogP contribution is -2.58. The summed E-state index contributed by atoms with van der Waals surface area (Å²) in [6, 6.07) is 0. The van der Waals surface area contributed by atoms with E-state index in [4.69, 9.17) is 4.74 Å². The molecule has 1 fully saturated rings. The van der Waals surface area contributed by atoms with Gasteiger partial charge in [-0.1, -0.05) is 27.2 Å². The topological polar surface area (TPSA) is 58.6 Å². The van der Waals surface area contributed by atoms with Gasteiger partial charge in [-0.15, -0.1) is 0 Å². The van der Waals surface area contributed by atoms with Crippen molar-refractivity contribution in [2.24, 2.45) is 5.92 Å². The molecule has 4 nitrogen and oxygen atoms in total. The second kappa shape index (κ2) is 6.36. The second-order valence-corrected chi connectivity index (χ2v) is 5.40. The fourth-order valence-corrected chi connectivity index (χ4v) is 2.29. The number of aliphatic carboxylic acids is 1. The van der Waals surface area contributed by atoms with Crippen LogP contribution in [0.1, 0.15) is 46.5 Å². The molecular weight excluding hydrogens is 218 g/mol. The van der Waals surface area contributed by atoms with Crippen LogP contribution < -0.4 is 5.32 Å². The van der Waals surface area contributed by atoms with E-state index in [1.54, 1.807) is 0 Å². The van der Waals surface area contributed by atoms with E-state index in [-0.39, 0.29) is 6.10 Å². The van der Waals surface area contributed by atoms with Crippen molar-refractivity contribution in [3.8, 4) is 0 Å². The van der Waals surface area contributed by atoms with E-state index in [9.17, 15) is 9.90 Å². The summed E-state index contributed by atoms with van der Waals surface area (Å²) in [5.74, 6) is -0.277. The number of carbonyl (C=O) groups is 1. The largest absolute Gasteiger partial charge is 0.480 e. The van der Waals surface area contributed by atoms with Crippen molar-refractivity contribution >= 4 is 5.97 Å². The Morgan fingerprint density at radius 2 is 2.29 bits per heavy atom. The lowest BCUT2D eigenvalue weighted by atomic mass is 9.85. The zero-order valence-corrected chi connectivity index (χ0v) is 11.2. The first-order valence-corrected chi connectivity index (χ1v) is 6.60. The molecule has 0 radical (unpaired) electrons. The summed E-state index contributed by atoms with van der Waals surface area (Å²) in [5.41, 5.74) is -0.775. The highest BCUT2D eigenvalue weighted by Crippen LogP contribution is 2.27. The molecule has 17 heavy (non-hydrogen) atoms. The quantitative estimate of drug-likeness (QED) is 0.749. The van der Waals surface area contributed by atoms with Gasteiger partial charge in [-0.2, -0.15) is 0 Å². The van der Waals surface area contributed by atoms with Crippen molar-refractivity contribution in [3.63, 3.8) is 0 Å². The summed E-state index contributed by atoms with van der Waals surface area (Å²) < 4.78 is 5.63. The van der Waals surface area contributed by atoms with E-state index in [0.29, 0.717) is 25.4 Å². The predicted molar refractivity (Wildman–Crippen MR) is 67.1 cm³/mol. The molecule has 2 atom stereocenters. The van der Waals surface area contributed by atoms with Gasteiger partial charge in [-0.05, 0) is 25.3 Å². The van der Waals surface area contributed by atoms with Gasteiger partial charge in [0.25, 0.3) is 0 Å². The fraction of sp³-hybridized carbons (Fsp3) is 0.923. The minimum atomic E-state index is -0.775. The molecule has 0 aromatic rings. The summed E-state index contributed by atoms with van der Waals surface area (Å²) in [6.07, 6.45) is 3.21. The van der Waals surface area contributed by atoms with E-state index in [1.807, 2.05) is 0 Å². The van der Waals surface area contributed by atoms with Crippen molar-refractivity contribution < 1.29 is 14.6 Å². The molecule has 4 heteroatoms. The molecule has 100 valence electrons. The van der Waals surface area contributed by atoms with E-state index in [1.165, 1.54) is 0 Å². The van der Waals surface area contributed by atoms with Crippen LogP contribution in [0.3, 0.4) is 0 Å². The van der Waals surface area contributed by atoms with Crippen LogP contribution in [0.25, 0.3) is 0 Å². The van der Waals surface area contributed by atoms with Crippen LogP contribution in [0.2, 0.25) is 0 Å². The molecule has 1 saturated heterocycles. The summed E-state index contributed by atoms with van der Waals surface area (Å²) in [6.45, 7) is 7.56. The lowest BCUT2D eigenvalue weighted by molar-refractivity contribution is -0.152. The highest BCUT2D eigenvalue weighted by atomic mass is 16.5. The Kier molecular flexibility index (Phi) is 5.40. The highest BCUT2D eigenvalue weighted by Gasteiger charge is 2.42. The van der Waals surface area contributed by atoms with E-state index in [0.717, 1.165) is 19.4 Å². The third-order valence-electron chi connectivity index (χ3n) is 3.33. The van der Waals surface area contributed by atoms with Gasteiger partial charge in [-0.3, -0.25) is 4.79 Å². The molecule has 1 rings (SSSR count). The molecule has 2 unspecified atom stereocenters. The first-order chi connectivity index (χ1) is 8.00. The van der Waals surface area contributed by atoms with Gasteiger partial charge in [0, 0.05) is 13.0 Å². The van der Waals surface area contributed by atoms with Crippen molar-refractivity contribution in [2.75, 3.05) is 13.2 Å². The summed E-state index contributed by atoms with van der Waals surface area (Å²) in [4.78, 5) is 11.5. The SMILES string of the molecule is CCCC1CC(NCC(C)C)(C(=O)O)CCO1. The minimum absolute atomic E-state index is 0.0875. The van der Waals surface area contributed by atoms with Gasteiger partial charge in [-0.25, -0.2) is 0 Å². The Hall–Kier alpha value is -0.610. The van der Waals surface area contributed by atoms with E-state index in [2.05, 4.69) is 26.1 Å². The average Bonchev–Trinajstić information content (AvgIpc) is 2.27. The number of carboxylic acid groups (broad SMARTS) is 1. The Morgan fingerprint density at radius 1 is 1.59 bits per heavy atom. The zero-order chi connectivity index (χ0) is 12.9. The van der Waals surface area contributed by atoms with Crippen LogP contribution in [0, 0.1) is 5.92 Å². The lowest BCUT2D eigenvalue weighted by Gasteiger charge is -2.39. The summed E-state index contributed by atoms with van der Waals surface area (Å²) in [5, 5.41) is 12.7. The number of hydrogen-bond acceptors (Lipinski definition) is 3. The van der Waals surface area contributed by atoms with E-state index >= 15 is 0 Å². The van der Waals surface area contributed by atoms with Crippen LogP contribution >= 0.6 is 0 Å². The molecular formula is C13H25NO3. The van der Waals surface area contributed by atoms with Crippen molar-refractivity contribution in [1.82, 2.24) is 5.32 Å². The number of rotatable bonds is 6. The highest BCUT2D eigenvalue weighted by molar-refractivity contribution is 5.79. The fourth-order valence-electron chi connectivity index (χ4n) is 2.29. The summed E-state index contributed by atoms with van der Waals surface area (Å²) in [7, 11) is 0. The van der Waals surface area contributed by atoms with Gasteiger partial charge >= 0.3 is 5.97 Å². The normalized spacial score (nSPS) is 29.5. The first kappa shape index (κ1) is 14.5. The summed E-state index contributed by atoms with van der Waals surface area (Å²) >= 11 is 0. The minimum Gasteiger partial charge on any atom is -0.480 e. The monoisotopic (exact) mass is 243 g/mol. The zero-order valence-electron chi connectivity index (χ0n) is 11.2. The van der Waals surface area contributed by atoms with Gasteiger partial charge in [0.15, 0.2) is 0 Å². The predicted octanol–water partition coefficient (Wildman–Crippen LogP) is 2.03. The number of carboxylic acids is 1. The molecule has 0 aromatic heterocycles. The maximum atomic E-state index is 11.5. The molecule has 0 aromatic carbocycles. The molecule has 2 N–H and O–H groups in total. The molecule has 0 bridgehead atoms. The Bertz CT molecular complexity index is 253. The molecule has 0 saturated carbocycles. The van der Waals surface area contributed by atoms with Crippen molar-refractivity contribution in [1.29, 1.82) is 0 Å². The number of hydrogen-bond donors (Lipinski definition) is 2. The molecule has 0 aliphatic carbocycles. The Labute approximate surface area is 104 Å².